The zero-order valence-corrected chi connectivity index (χ0v) is 12.6. The van der Waals surface area contributed by atoms with E-state index in [1.807, 2.05) is 19.1 Å². The van der Waals surface area contributed by atoms with Crippen LogP contribution in [0.3, 0.4) is 0 Å². The van der Waals surface area contributed by atoms with Crippen LogP contribution < -0.4 is 5.56 Å². The molecular formula is C15H13ClN4O2. The van der Waals surface area contributed by atoms with E-state index in [1.165, 1.54) is 10.8 Å². The lowest BCUT2D eigenvalue weighted by Gasteiger charge is -2.06. The van der Waals surface area contributed by atoms with E-state index in [0.717, 1.165) is 5.56 Å². The van der Waals surface area contributed by atoms with Gasteiger partial charge in [-0.2, -0.15) is 4.52 Å². The summed E-state index contributed by atoms with van der Waals surface area (Å²) in [5.74, 6) is 0.149. The minimum Gasteiger partial charge on any atom is -0.294 e. The van der Waals surface area contributed by atoms with Gasteiger partial charge in [0.25, 0.3) is 11.3 Å². The molecule has 6 nitrogen and oxygen atoms in total. The molecule has 1 N–H and O–H groups in total. The summed E-state index contributed by atoms with van der Waals surface area (Å²) in [5, 5.41) is 2.68. The summed E-state index contributed by atoms with van der Waals surface area (Å²) in [6.07, 6.45) is 1.33. The molecule has 3 rings (SSSR count). The Labute approximate surface area is 130 Å². The number of alkyl halides is 1. The summed E-state index contributed by atoms with van der Waals surface area (Å²) >= 11 is 5.87. The van der Waals surface area contributed by atoms with Crippen molar-refractivity contribution < 1.29 is 4.79 Å². The Hall–Kier alpha value is -2.47. The van der Waals surface area contributed by atoms with Gasteiger partial charge in [0.15, 0.2) is 5.78 Å². The number of ketones is 1. The molecule has 0 amide bonds. The van der Waals surface area contributed by atoms with E-state index in [4.69, 9.17) is 11.6 Å². The topological polar surface area (TPSA) is 80.1 Å². The Balaban J connectivity index is 2.04. The van der Waals surface area contributed by atoms with E-state index in [9.17, 15) is 9.59 Å². The van der Waals surface area contributed by atoms with Crippen molar-refractivity contribution >= 4 is 23.2 Å². The molecule has 1 aromatic carbocycles. The number of nitrogens with one attached hydrogen (secondary N) is 1. The van der Waals surface area contributed by atoms with Crippen LogP contribution in [0.1, 0.15) is 27.2 Å². The number of H-pyrrole nitrogens is 1. The Bertz CT molecular complexity index is 913. The van der Waals surface area contributed by atoms with Crippen molar-refractivity contribution in [3.05, 3.63) is 63.3 Å². The lowest BCUT2D eigenvalue weighted by Crippen LogP contribution is -2.25. The summed E-state index contributed by atoms with van der Waals surface area (Å²) in [5.41, 5.74) is 1.89. The molecule has 0 aliphatic carbocycles. The molecule has 0 spiro atoms. The summed E-state index contributed by atoms with van der Waals surface area (Å²) in [4.78, 5) is 33.0. The number of nitrogens with zero attached hydrogens (tertiary/aromatic N) is 3. The number of rotatable bonds is 4. The van der Waals surface area contributed by atoms with Gasteiger partial charge in [0.1, 0.15) is 6.33 Å². The molecule has 0 aliphatic heterocycles. The first-order chi connectivity index (χ1) is 10.6. The highest BCUT2D eigenvalue weighted by molar-refractivity contribution is 6.17. The van der Waals surface area contributed by atoms with Crippen LogP contribution in [0.15, 0.2) is 35.4 Å². The van der Waals surface area contributed by atoms with Gasteiger partial charge < -0.3 is 0 Å². The third kappa shape index (κ3) is 2.53. The summed E-state index contributed by atoms with van der Waals surface area (Å²) in [6, 6.07) is 7.25. The predicted octanol–water partition coefficient (Wildman–Crippen LogP) is 1.89. The summed E-state index contributed by atoms with van der Waals surface area (Å²) in [7, 11) is 0. The van der Waals surface area contributed by atoms with Crippen molar-refractivity contribution in [1.82, 2.24) is 19.6 Å². The maximum Gasteiger partial charge on any atom is 0.277 e. The maximum absolute atomic E-state index is 12.4. The molecule has 7 heteroatoms. The molecule has 0 saturated carbocycles. The number of halogens is 1. The second-order valence-corrected chi connectivity index (χ2v) is 5.24. The molecule has 0 aliphatic rings. The van der Waals surface area contributed by atoms with Crippen LogP contribution >= 0.6 is 11.6 Å². The first-order valence-corrected chi connectivity index (χ1v) is 7.23. The van der Waals surface area contributed by atoms with Crippen molar-refractivity contribution in [2.45, 2.75) is 19.2 Å². The number of carbonyl (C=O) groups is 1. The van der Waals surface area contributed by atoms with E-state index in [2.05, 4.69) is 15.1 Å². The second kappa shape index (κ2) is 5.73. The molecule has 22 heavy (non-hydrogen) atoms. The minimum absolute atomic E-state index is 0.0424. The van der Waals surface area contributed by atoms with E-state index in [0.29, 0.717) is 16.8 Å². The number of aromatic amines is 1. The molecule has 2 heterocycles. The molecule has 112 valence electrons. The number of carbonyl (C=O) groups excluding carboxylic acids is 1. The lowest BCUT2D eigenvalue weighted by atomic mass is 10.0. The number of benzene rings is 1. The van der Waals surface area contributed by atoms with Gasteiger partial charge in [-0.15, -0.1) is 11.6 Å². The lowest BCUT2D eigenvalue weighted by molar-refractivity contribution is 0.0992. The largest absolute Gasteiger partial charge is 0.294 e. The SMILES string of the molecule is Cc1cccc(C(=O)Cc2c(CCl)nc3nc[nH]n3c2=O)c1. The fraction of sp³-hybridized carbons (Fsp3) is 0.200. The van der Waals surface area contributed by atoms with Crippen LogP contribution in [0.2, 0.25) is 0 Å². The summed E-state index contributed by atoms with van der Waals surface area (Å²) < 4.78 is 1.20. The number of fused-ring (bicyclic) bond motifs is 1. The number of aromatic nitrogens is 4. The second-order valence-electron chi connectivity index (χ2n) is 4.97. The molecule has 0 radical (unpaired) electrons. The van der Waals surface area contributed by atoms with Gasteiger partial charge in [-0.25, -0.2) is 9.97 Å². The maximum atomic E-state index is 12.4. The monoisotopic (exact) mass is 316 g/mol. The number of hydrogen-bond acceptors (Lipinski definition) is 4. The average Bonchev–Trinajstić information content (AvgIpc) is 2.98. The smallest absolute Gasteiger partial charge is 0.277 e. The Morgan fingerprint density at radius 2 is 2.23 bits per heavy atom. The van der Waals surface area contributed by atoms with Gasteiger partial charge in [-0.05, 0) is 13.0 Å². The van der Waals surface area contributed by atoms with Gasteiger partial charge in [-0.1, -0.05) is 23.8 Å². The van der Waals surface area contributed by atoms with E-state index in [1.54, 1.807) is 12.1 Å². The third-order valence-corrected chi connectivity index (χ3v) is 3.67. The Kier molecular flexibility index (Phi) is 3.77. The Morgan fingerprint density at radius 1 is 1.41 bits per heavy atom. The fourth-order valence-electron chi connectivity index (χ4n) is 2.30. The summed E-state index contributed by atoms with van der Waals surface area (Å²) in [6.45, 7) is 1.91. The highest BCUT2D eigenvalue weighted by Crippen LogP contribution is 2.12. The molecule has 0 unspecified atom stereocenters. The minimum atomic E-state index is -0.348. The molecular weight excluding hydrogens is 304 g/mol. The molecule has 0 atom stereocenters. The molecule has 0 fully saturated rings. The first kappa shape index (κ1) is 14.5. The fourth-order valence-corrected chi connectivity index (χ4v) is 2.53. The normalized spacial score (nSPS) is 11.0. The van der Waals surface area contributed by atoms with Crippen LogP contribution in [0.5, 0.6) is 0 Å². The standard InChI is InChI=1S/C15H13ClN4O2/c1-9-3-2-4-10(5-9)13(21)6-11-12(7-16)19-15-17-8-18-20(15)14(11)22/h2-5,8H,6-7H2,1H3,(H,17,18,19). The van der Waals surface area contributed by atoms with Gasteiger partial charge in [0.05, 0.1) is 11.6 Å². The van der Waals surface area contributed by atoms with Crippen molar-refractivity contribution in [2.24, 2.45) is 0 Å². The highest BCUT2D eigenvalue weighted by Gasteiger charge is 2.17. The third-order valence-electron chi connectivity index (χ3n) is 3.42. The number of Topliss-reactive ketones (excluding diaryl/α,β-unsaturated/α-hetero) is 1. The van der Waals surface area contributed by atoms with Crippen LogP contribution in [0, 0.1) is 6.92 Å². The Morgan fingerprint density at radius 3 is 2.95 bits per heavy atom. The first-order valence-electron chi connectivity index (χ1n) is 6.70. The predicted molar refractivity (Wildman–Crippen MR) is 82.4 cm³/mol. The van der Waals surface area contributed by atoms with Crippen LogP contribution in [0.25, 0.3) is 5.78 Å². The quantitative estimate of drug-likeness (QED) is 0.589. The van der Waals surface area contributed by atoms with E-state index in [-0.39, 0.29) is 29.4 Å². The molecule has 3 aromatic rings. The zero-order valence-electron chi connectivity index (χ0n) is 11.8. The van der Waals surface area contributed by atoms with Gasteiger partial charge in [-0.3, -0.25) is 14.7 Å². The highest BCUT2D eigenvalue weighted by atomic mass is 35.5. The van der Waals surface area contributed by atoms with Crippen LogP contribution in [-0.2, 0) is 12.3 Å². The van der Waals surface area contributed by atoms with Crippen LogP contribution in [-0.4, -0.2) is 25.4 Å². The number of hydrogen-bond donors (Lipinski definition) is 1. The van der Waals surface area contributed by atoms with Crippen molar-refractivity contribution in [3.63, 3.8) is 0 Å². The van der Waals surface area contributed by atoms with Crippen molar-refractivity contribution in [1.29, 1.82) is 0 Å². The number of aryl methyl sites for hydroxylation is 1. The van der Waals surface area contributed by atoms with E-state index >= 15 is 0 Å². The average molecular weight is 317 g/mol. The molecule has 2 aromatic heterocycles. The van der Waals surface area contributed by atoms with Crippen molar-refractivity contribution in [2.75, 3.05) is 0 Å². The molecule has 0 bridgehead atoms. The van der Waals surface area contributed by atoms with Crippen LogP contribution in [0.4, 0.5) is 0 Å². The van der Waals surface area contributed by atoms with Gasteiger partial charge in [0, 0.05) is 17.5 Å². The zero-order chi connectivity index (χ0) is 15.7. The van der Waals surface area contributed by atoms with E-state index < -0.39 is 0 Å². The molecule has 0 saturated heterocycles. The van der Waals surface area contributed by atoms with Gasteiger partial charge >= 0.3 is 0 Å². The van der Waals surface area contributed by atoms with Crippen molar-refractivity contribution in [3.8, 4) is 0 Å². The van der Waals surface area contributed by atoms with Gasteiger partial charge in [0.2, 0.25) is 0 Å².